The first-order valence-corrected chi connectivity index (χ1v) is 7.44. The van der Waals surface area contributed by atoms with E-state index in [0.717, 1.165) is 51.2 Å². The maximum Gasteiger partial charge on any atom is 0.227 e. The van der Waals surface area contributed by atoms with Gasteiger partial charge in [-0.2, -0.15) is 4.98 Å². The Morgan fingerprint density at radius 1 is 1.40 bits per heavy atom. The summed E-state index contributed by atoms with van der Waals surface area (Å²) in [6.45, 7) is 5.51. The lowest BCUT2D eigenvalue weighted by Crippen LogP contribution is -2.45. The Bertz CT molecular complexity index is 429. The molecule has 6 nitrogen and oxygen atoms in total. The number of piperidine rings is 1. The van der Waals surface area contributed by atoms with E-state index in [1.165, 1.54) is 12.8 Å². The molecule has 2 aliphatic heterocycles. The van der Waals surface area contributed by atoms with Crippen LogP contribution in [0.4, 0.5) is 11.8 Å². The minimum Gasteiger partial charge on any atom is -0.378 e. The number of morpholine rings is 1. The van der Waals surface area contributed by atoms with Gasteiger partial charge in [0.1, 0.15) is 5.82 Å². The zero-order valence-corrected chi connectivity index (χ0v) is 12.1. The summed E-state index contributed by atoms with van der Waals surface area (Å²) in [5.74, 6) is 1.83. The van der Waals surface area contributed by atoms with Gasteiger partial charge in [-0.05, 0) is 25.5 Å². The van der Waals surface area contributed by atoms with Crippen LogP contribution in [0.3, 0.4) is 0 Å². The number of anilines is 2. The third-order valence-electron chi connectivity index (χ3n) is 4.10. The second kappa shape index (κ2) is 6.37. The molecule has 1 N–H and O–H groups in total. The highest BCUT2D eigenvalue weighted by atomic mass is 16.5. The molecule has 110 valence electrons. The fourth-order valence-electron chi connectivity index (χ4n) is 2.81. The van der Waals surface area contributed by atoms with Gasteiger partial charge in [-0.25, -0.2) is 4.98 Å². The normalized spacial score (nSPS) is 23.6. The monoisotopic (exact) mass is 277 g/mol. The first-order valence-electron chi connectivity index (χ1n) is 7.44. The maximum absolute atomic E-state index is 5.39. The summed E-state index contributed by atoms with van der Waals surface area (Å²) in [7, 11) is 2.09. The Balaban J connectivity index is 1.72. The second-order valence-corrected chi connectivity index (χ2v) is 5.43. The van der Waals surface area contributed by atoms with Gasteiger partial charge in [-0.1, -0.05) is 0 Å². The van der Waals surface area contributed by atoms with Crippen molar-refractivity contribution in [3.05, 3.63) is 12.3 Å². The topological polar surface area (TPSA) is 53.5 Å². The van der Waals surface area contributed by atoms with Crippen LogP contribution in [-0.4, -0.2) is 62.5 Å². The molecule has 1 atom stereocenters. The first kappa shape index (κ1) is 13.6. The van der Waals surface area contributed by atoms with Gasteiger partial charge in [0.2, 0.25) is 5.95 Å². The van der Waals surface area contributed by atoms with Crippen molar-refractivity contribution in [2.45, 2.75) is 18.9 Å². The molecule has 0 radical (unpaired) electrons. The fraction of sp³-hybridized carbons (Fsp3) is 0.714. The summed E-state index contributed by atoms with van der Waals surface area (Å²) < 4.78 is 5.39. The van der Waals surface area contributed by atoms with Gasteiger partial charge >= 0.3 is 0 Å². The molecule has 1 aromatic heterocycles. The number of nitrogens with zero attached hydrogens (tertiary/aromatic N) is 4. The number of hydrogen-bond donors (Lipinski definition) is 1. The van der Waals surface area contributed by atoms with E-state index in [1.807, 2.05) is 12.3 Å². The van der Waals surface area contributed by atoms with E-state index in [2.05, 4.69) is 27.1 Å². The van der Waals surface area contributed by atoms with E-state index in [4.69, 9.17) is 9.72 Å². The van der Waals surface area contributed by atoms with Crippen LogP contribution in [-0.2, 0) is 4.74 Å². The molecular formula is C14H23N5O. The smallest absolute Gasteiger partial charge is 0.227 e. The molecule has 1 unspecified atom stereocenters. The van der Waals surface area contributed by atoms with Crippen LogP contribution in [0.15, 0.2) is 12.3 Å². The van der Waals surface area contributed by atoms with E-state index >= 15 is 0 Å². The average Bonchev–Trinajstić information content (AvgIpc) is 2.56. The third-order valence-corrected chi connectivity index (χ3v) is 4.10. The van der Waals surface area contributed by atoms with E-state index in [-0.39, 0.29) is 0 Å². The van der Waals surface area contributed by atoms with E-state index < -0.39 is 0 Å². The molecule has 2 fully saturated rings. The van der Waals surface area contributed by atoms with Crippen molar-refractivity contribution < 1.29 is 4.74 Å². The van der Waals surface area contributed by atoms with Gasteiger partial charge in [-0.15, -0.1) is 0 Å². The van der Waals surface area contributed by atoms with Crippen LogP contribution < -0.4 is 15.1 Å². The van der Waals surface area contributed by atoms with Crippen molar-refractivity contribution in [1.29, 1.82) is 0 Å². The fourth-order valence-corrected chi connectivity index (χ4v) is 2.81. The zero-order chi connectivity index (χ0) is 13.8. The second-order valence-electron chi connectivity index (χ2n) is 5.43. The van der Waals surface area contributed by atoms with Crippen molar-refractivity contribution in [2.75, 3.05) is 56.2 Å². The number of nitrogens with one attached hydrogen (secondary N) is 1. The summed E-state index contributed by atoms with van der Waals surface area (Å²) in [6.07, 6.45) is 4.28. The molecule has 0 aromatic carbocycles. The Kier molecular flexibility index (Phi) is 4.32. The van der Waals surface area contributed by atoms with E-state index in [9.17, 15) is 0 Å². The van der Waals surface area contributed by atoms with Crippen LogP contribution in [0.2, 0.25) is 0 Å². The van der Waals surface area contributed by atoms with Crippen LogP contribution in [0.5, 0.6) is 0 Å². The molecule has 2 saturated heterocycles. The highest BCUT2D eigenvalue weighted by molar-refractivity contribution is 5.44. The Labute approximate surface area is 120 Å². The molecule has 0 bridgehead atoms. The van der Waals surface area contributed by atoms with Gasteiger partial charge in [-0.3, -0.25) is 0 Å². The number of hydrogen-bond acceptors (Lipinski definition) is 6. The minimum absolute atomic E-state index is 0.490. The van der Waals surface area contributed by atoms with Crippen molar-refractivity contribution in [3.63, 3.8) is 0 Å². The van der Waals surface area contributed by atoms with Crippen LogP contribution in [0, 0.1) is 0 Å². The molecule has 2 aliphatic rings. The lowest BCUT2D eigenvalue weighted by Gasteiger charge is -2.33. The molecule has 20 heavy (non-hydrogen) atoms. The summed E-state index contributed by atoms with van der Waals surface area (Å²) in [5.41, 5.74) is 0. The molecular weight excluding hydrogens is 254 g/mol. The van der Waals surface area contributed by atoms with Crippen molar-refractivity contribution in [1.82, 2.24) is 15.3 Å². The minimum atomic E-state index is 0.490. The molecule has 0 saturated carbocycles. The standard InChI is InChI=1S/C14H23N5O/c1-18(12-3-2-5-15-11-12)14-16-6-4-13(17-14)19-7-9-20-10-8-19/h4,6,12,15H,2-3,5,7-11H2,1H3. The summed E-state index contributed by atoms with van der Waals surface area (Å²) in [5, 5.41) is 3.44. The molecule has 0 spiro atoms. The van der Waals surface area contributed by atoms with E-state index in [0.29, 0.717) is 6.04 Å². The van der Waals surface area contributed by atoms with Gasteiger partial charge in [0.05, 0.1) is 13.2 Å². The average molecular weight is 277 g/mol. The number of rotatable bonds is 3. The highest BCUT2D eigenvalue weighted by Gasteiger charge is 2.21. The van der Waals surface area contributed by atoms with Crippen LogP contribution in [0.1, 0.15) is 12.8 Å². The molecule has 6 heteroatoms. The molecule has 1 aromatic rings. The quantitative estimate of drug-likeness (QED) is 0.868. The maximum atomic E-state index is 5.39. The van der Waals surface area contributed by atoms with Gasteiger partial charge in [0.25, 0.3) is 0 Å². The molecule has 0 aliphatic carbocycles. The number of ether oxygens (including phenoxy) is 1. The lowest BCUT2D eigenvalue weighted by molar-refractivity contribution is 0.122. The van der Waals surface area contributed by atoms with Crippen molar-refractivity contribution >= 4 is 11.8 Å². The Morgan fingerprint density at radius 3 is 3.00 bits per heavy atom. The lowest BCUT2D eigenvalue weighted by atomic mass is 10.1. The van der Waals surface area contributed by atoms with Crippen molar-refractivity contribution in [3.8, 4) is 0 Å². The first-order chi connectivity index (χ1) is 9.84. The van der Waals surface area contributed by atoms with Gasteiger partial charge in [0, 0.05) is 38.9 Å². The molecule has 3 rings (SSSR count). The van der Waals surface area contributed by atoms with E-state index in [1.54, 1.807) is 0 Å². The van der Waals surface area contributed by atoms with Crippen LogP contribution >= 0.6 is 0 Å². The highest BCUT2D eigenvalue weighted by Crippen LogP contribution is 2.18. The summed E-state index contributed by atoms with van der Waals surface area (Å²) in [4.78, 5) is 13.6. The predicted octanol–water partition coefficient (Wildman–Crippen LogP) is 0.501. The predicted molar refractivity (Wildman–Crippen MR) is 79.4 cm³/mol. The molecule has 0 amide bonds. The number of likely N-dealkylation sites (N-methyl/N-ethyl adjacent to an activating group) is 1. The summed E-state index contributed by atoms with van der Waals surface area (Å²) >= 11 is 0. The molecule has 3 heterocycles. The zero-order valence-electron chi connectivity index (χ0n) is 12.1. The third kappa shape index (κ3) is 3.02. The summed E-state index contributed by atoms with van der Waals surface area (Å²) in [6, 6.07) is 2.48. The SMILES string of the molecule is CN(c1nccc(N2CCOCC2)n1)C1CCCNC1. The number of aromatic nitrogens is 2. The largest absolute Gasteiger partial charge is 0.378 e. The Hall–Kier alpha value is -1.40. The Morgan fingerprint density at radius 2 is 2.25 bits per heavy atom. The van der Waals surface area contributed by atoms with Gasteiger partial charge < -0.3 is 19.9 Å². The van der Waals surface area contributed by atoms with Gasteiger partial charge in [0.15, 0.2) is 0 Å². The van der Waals surface area contributed by atoms with Crippen molar-refractivity contribution in [2.24, 2.45) is 0 Å². The van der Waals surface area contributed by atoms with Crippen LogP contribution in [0.25, 0.3) is 0 Å².